The van der Waals surface area contributed by atoms with E-state index in [0.717, 1.165) is 0 Å². The molecule has 0 radical (unpaired) electrons. The summed E-state index contributed by atoms with van der Waals surface area (Å²) in [5, 5.41) is 9.27. The second-order valence-electron chi connectivity index (χ2n) is 3.13. The topological polar surface area (TPSA) is 41.6 Å². The largest absolute Gasteiger partial charge is 0.295 e. The van der Waals surface area contributed by atoms with Crippen molar-refractivity contribution in [1.82, 2.24) is 9.55 Å². The zero-order valence-corrected chi connectivity index (χ0v) is 10.2. The van der Waals surface area contributed by atoms with Crippen LogP contribution in [-0.2, 0) is 0 Å². The lowest BCUT2D eigenvalue weighted by Gasteiger charge is -2.06. The summed E-state index contributed by atoms with van der Waals surface area (Å²) >= 11 is 7.03. The molecule has 3 nitrogen and oxygen atoms in total. The van der Waals surface area contributed by atoms with Gasteiger partial charge in [-0.05, 0) is 18.2 Å². The molecule has 0 amide bonds. The van der Waals surface area contributed by atoms with E-state index < -0.39 is 5.82 Å². The summed E-state index contributed by atoms with van der Waals surface area (Å²) in [5.74, 6) is -0.145. The average Bonchev–Trinajstić information content (AvgIpc) is 2.78. The van der Waals surface area contributed by atoms with Gasteiger partial charge in [0.2, 0.25) is 0 Å². The Morgan fingerprint density at radius 2 is 2.35 bits per heavy atom. The van der Waals surface area contributed by atoms with E-state index in [1.807, 2.05) is 6.07 Å². The average molecular weight is 268 g/mol. The molecule has 0 spiro atoms. The highest BCUT2D eigenvalue weighted by Gasteiger charge is 2.07. The Balaban J connectivity index is 2.36. The molecule has 0 atom stereocenters. The van der Waals surface area contributed by atoms with Gasteiger partial charge in [-0.3, -0.25) is 4.57 Å². The van der Waals surface area contributed by atoms with E-state index in [0.29, 0.717) is 16.6 Å². The molecule has 1 heterocycles. The zero-order chi connectivity index (χ0) is 12.3. The number of rotatable bonds is 3. The standard InChI is InChI=1S/C11H7ClFN3S/c12-9-7-8(1-2-10(9)13)16-5-4-15-11(16)17-6-3-14/h1-2,4-5,7H,6H2. The molecule has 0 unspecified atom stereocenters. The highest BCUT2D eigenvalue weighted by atomic mass is 35.5. The van der Waals surface area contributed by atoms with Crippen LogP contribution in [0, 0.1) is 17.1 Å². The van der Waals surface area contributed by atoms with Gasteiger partial charge in [0.25, 0.3) is 0 Å². The fraction of sp³-hybridized carbons (Fsp3) is 0.0909. The van der Waals surface area contributed by atoms with Crippen molar-refractivity contribution in [3.8, 4) is 11.8 Å². The van der Waals surface area contributed by atoms with Crippen molar-refractivity contribution in [2.24, 2.45) is 0 Å². The van der Waals surface area contributed by atoms with Crippen LogP contribution in [0.2, 0.25) is 5.02 Å². The van der Waals surface area contributed by atoms with Crippen LogP contribution >= 0.6 is 23.4 Å². The molecule has 2 rings (SSSR count). The molecule has 86 valence electrons. The predicted molar refractivity (Wildman–Crippen MR) is 64.9 cm³/mol. The molecule has 0 aliphatic carbocycles. The van der Waals surface area contributed by atoms with Crippen molar-refractivity contribution in [2.75, 3.05) is 5.75 Å². The summed E-state index contributed by atoms with van der Waals surface area (Å²) in [4.78, 5) is 4.12. The lowest BCUT2D eigenvalue weighted by Crippen LogP contribution is -1.95. The smallest absolute Gasteiger partial charge is 0.173 e. The monoisotopic (exact) mass is 267 g/mol. The minimum Gasteiger partial charge on any atom is -0.295 e. The first-order chi connectivity index (χ1) is 8.22. The summed E-state index contributed by atoms with van der Waals surface area (Å²) in [6.07, 6.45) is 3.36. The van der Waals surface area contributed by atoms with E-state index in [-0.39, 0.29) is 5.02 Å². The first-order valence-electron chi connectivity index (χ1n) is 4.71. The van der Waals surface area contributed by atoms with Gasteiger partial charge in [-0.1, -0.05) is 23.4 Å². The van der Waals surface area contributed by atoms with Gasteiger partial charge < -0.3 is 0 Å². The number of halogens is 2. The molecule has 0 N–H and O–H groups in total. The van der Waals surface area contributed by atoms with Crippen LogP contribution in [0.15, 0.2) is 35.7 Å². The molecule has 0 aliphatic rings. The first kappa shape index (κ1) is 12.0. The number of benzene rings is 1. The highest BCUT2D eigenvalue weighted by molar-refractivity contribution is 7.99. The number of aromatic nitrogens is 2. The number of thioether (sulfide) groups is 1. The quantitative estimate of drug-likeness (QED) is 0.802. The van der Waals surface area contributed by atoms with E-state index in [2.05, 4.69) is 4.98 Å². The van der Waals surface area contributed by atoms with Gasteiger partial charge in [0, 0.05) is 18.1 Å². The van der Waals surface area contributed by atoms with Gasteiger partial charge in [-0.25, -0.2) is 9.37 Å². The Morgan fingerprint density at radius 1 is 1.53 bits per heavy atom. The van der Waals surface area contributed by atoms with Gasteiger partial charge in [-0.2, -0.15) is 5.26 Å². The van der Waals surface area contributed by atoms with Crippen LogP contribution in [-0.4, -0.2) is 15.3 Å². The van der Waals surface area contributed by atoms with Crippen LogP contribution in [0.3, 0.4) is 0 Å². The van der Waals surface area contributed by atoms with Crippen LogP contribution in [0.1, 0.15) is 0 Å². The molecular formula is C11H7ClFN3S. The van der Waals surface area contributed by atoms with E-state index >= 15 is 0 Å². The maximum absolute atomic E-state index is 13.0. The first-order valence-corrected chi connectivity index (χ1v) is 6.07. The number of imidazole rings is 1. The summed E-state index contributed by atoms with van der Waals surface area (Å²) in [6, 6.07) is 6.46. The predicted octanol–water partition coefficient (Wildman–Crippen LogP) is 3.28. The zero-order valence-electron chi connectivity index (χ0n) is 8.60. The molecule has 0 aliphatic heterocycles. The summed E-state index contributed by atoms with van der Waals surface area (Å²) in [7, 11) is 0. The number of hydrogen-bond acceptors (Lipinski definition) is 3. The Morgan fingerprint density at radius 3 is 3.06 bits per heavy atom. The van der Waals surface area contributed by atoms with Crippen molar-refractivity contribution >= 4 is 23.4 Å². The second kappa shape index (κ2) is 5.21. The van der Waals surface area contributed by atoms with Crippen molar-refractivity contribution in [3.63, 3.8) is 0 Å². The summed E-state index contributed by atoms with van der Waals surface area (Å²) < 4.78 is 14.8. The van der Waals surface area contributed by atoms with Crippen LogP contribution in [0.5, 0.6) is 0 Å². The lowest BCUT2D eigenvalue weighted by atomic mass is 10.3. The molecule has 0 saturated heterocycles. The maximum Gasteiger partial charge on any atom is 0.173 e. The van der Waals surface area contributed by atoms with Crippen LogP contribution < -0.4 is 0 Å². The van der Waals surface area contributed by atoms with Crippen molar-refractivity contribution < 1.29 is 4.39 Å². The van der Waals surface area contributed by atoms with Gasteiger partial charge in [0.15, 0.2) is 5.16 Å². The molecule has 0 fully saturated rings. The Bertz CT molecular complexity index is 576. The van der Waals surface area contributed by atoms with Crippen LogP contribution in [0.25, 0.3) is 5.69 Å². The van der Waals surface area contributed by atoms with Gasteiger partial charge in [-0.15, -0.1) is 0 Å². The molecule has 0 saturated carbocycles. The third-order valence-electron chi connectivity index (χ3n) is 2.05. The van der Waals surface area contributed by atoms with Crippen molar-refractivity contribution in [3.05, 3.63) is 41.4 Å². The van der Waals surface area contributed by atoms with Crippen molar-refractivity contribution in [1.29, 1.82) is 5.26 Å². The van der Waals surface area contributed by atoms with Crippen molar-refractivity contribution in [2.45, 2.75) is 5.16 Å². The molecule has 1 aromatic heterocycles. The maximum atomic E-state index is 13.0. The Kier molecular flexibility index (Phi) is 3.67. The third kappa shape index (κ3) is 2.60. The number of nitriles is 1. The second-order valence-corrected chi connectivity index (χ2v) is 4.47. The van der Waals surface area contributed by atoms with E-state index in [4.69, 9.17) is 16.9 Å². The Hall–Kier alpha value is -1.51. The molecular weight excluding hydrogens is 261 g/mol. The number of hydrogen-bond donors (Lipinski definition) is 0. The van der Waals surface area contributed by atoms with Crippen LogP contribution in [0.4, 0.5) is 4.39 Å². The fourth-order valence-corrected chi connectivity index (χ4v) is 2.13. The molecule has 17 heavy (non-hydrogen) atoms. The minimum atomic E-state index is -0.457. The molecule has 2 aromatic rings. The fourth-order valence-electron chi connectivity index (χ4n) is 1.32. The Labute approximate surface area is 107 Å². The molecule has 0 bridgehead atoms. The van der Waals surface area contributed by atoms with Gasteiger partial charge in [0.05, 0.1) is 16.8 Å². The molecule has 1 aromatic carbocycles. The third-order valence-corrected chi connectivity index (χ3v) is 3.18. The molecule has 6 heteroatoms. The minimum absolute atomic E-state index is 0.0624. The summed E-state index contributed by atoms with van der Waals surface area (Å²) in [6.45, 7) is 0. The summed E-state index contributed by atoms with van der Waals surface area (Å²) in [5.41, 5.74) is 0.717. The van der Waals surface area contributed by atoms with Gasteiger partial charge in [0.1, 0.15) is 5.82 Å². The van der Waals surface area contributed by atoms with E-state index in [1.165, 1.54) is 23.9 Å². The highest BCUT2D eigenvalue weighted by Crippen LogP contribution is 2.23. The van der Waals surface area contributed by atoms with Gasteiger partial charge >= 0.3 is 0 Å². The van der Waals surface area contributed by atoms with E-state index in [1.54, 1.807) is 23.0 Å². The number of nitrogens with zero attached hydrogens (tertiary/aromatic N) is 3. The lowest BCUT2D eigenvalue weighted by molar-refractivity contribution is 0.627. The van der Waals surface area contributed by atoms with E-state index in [9.17, 15) is 4.39 Å². The SMILES string of the molecule is N#CCSc1nccn1-c1ccc(F)c(Cl)c1. The normalized spacial score (nSPS) is 10.2.